The SMILES string of the molecule is CCNC(=NCc1nncn1-c1ccccc1)NCc1cc(C(CC)CC)no1.I. The maximum Gasteiger partial charge on any atom is 0.192 e. The predicted molar refractivity (Wildman–Crippen MR) is 128 cm³/mol. The Kier molecular flexibility index (Phi) is 9.78. The third-order valence-corrected chi connectivity index (χ3v) is 4.79. The zero-order valence-electron chi connectivity index (χ0n) is 17.7. The summed E-state index contributed by atoms with van der Waals surface area (Å²) in [5, 5.41) is 19.0. The molecule has 2 N–H and O–H groups in total. The number of benzene rings is 1. The van der Waals surface area contributed by atoms with Crippen LogP contribution in [0.5, 0.6) is 0 Å². The van der Waals surface area contributed by atoms with Crippen LogP contribution in [-0.2, 0) is 13.1 Å². The van der Waals surface area contributed by atoms with Gasteiger partial charge in [-0.25, -0.2) is 4.99 Å². The smallest absolute Gasteiger partial charge is 0.192 e. The molecule has 162 valence electrons. The van der Waals surface area contributed by atoms with Gasteiger partial charge in [-0.1, -0.05) is 37.2 Å². The Morgan fingerprint density at radius 2 is 1.90 bits per heavy atom. The maximum atomic E-state index is 5.48. The zero-order valence-corrected chi connectivity index (χ0v) is 20.0. The van der Waals surface area contributed by atoms with E-state index < -0.39 is 0 Å². The number of guanidine groups is 1. The van der Waals surface area contributed by atoms with Crippen molar-refractivity contribution >= 4 is 29.9 Å². The van der Waals surface area contributed by atoms with Crippen molar-refractivity contribution in [3.63, 3.8) is 0 Å². The first-order valence-electron chi connectivity index (χ1n) is 10.2. The molecule has 0 atom stereocenters. The highest BCUT2D eigenvalue weighted by molar-refractivity contribution is 14.0. The molecule has 1 aromatic carbocycles. The van der Waals surface area contributed by atoms with E-state index in [4.69, 9.17) is 4.52 Å². The average molecular weight is 523 g/mol. The standard InChI is InChI=1S/C21H29N7O.HI/c1-4-16(5-2)19-12-18(29-27-19)13-23-21(22-6-3)24-14-20-26-25-15-28(20)17-10-8-7-9-11-17;/h7-12,15-16H,4-6,13-14H2,1-3H3,(H2,22,23,24);1H. The van der Waals surface area contributed by atoms with Crippen molar-refractivity contribution in [1.29, 1.82) is 0 Å². The minimum absolute atomic E-state index is 0. The first kappa shape index (κ1) is 23.8. The molecule has 0 aliphatic rings. The summed E-state index contributed by atoms with van der Waals surface area (Å²) < 4.78 is 7.42. The van der Waals surface area contributed by atoms with E-state index in [9.17, 15) is 0 Å². The van der Waals surface area contributed by atoms with Gasteiger partial charge in [0, 0.05) is 24.2 Å². The molecule has 9 heteroatoms. The Morgan fingerprint density at radius 3 is 2.60 bits per heavy atom. The van der Waals surface area contributed by atoms with E-state index in [1.807, 2.05) is 47.9 Å². The second-order valence-corrected chi connectivity index (χ2v) is 6.73. The molecule has 8 nitrogen and oxygen atoms in total. The molecule has 0 bridgehead atoms. The van der Waals surface area contributed by atoms with Crippen molar-refractivity contribution in [3.8, 4) is 5.69 Å². The van der Waals surface area contributed by atoms with Gasteiger partial charge in [0.05, 0.1) is 12.2 Å². The van der Waals surface area contributed by atoms with Crippen molar-refractivity contribution in [2.45, 2.75) is 52.6 Å². The molecule has 0 aliphatic heterocycles. The van der Waals surface area contributed by atoms with Gasteiger partial charge >= 0.3 is 0 Å². The largest absolute Gasteiger partial charge is 0.359 e. The fourth-order valence-corrected chi connectivity index (χ4v) is 3.14. The summed E-state index contributed by atoms with van der Waals surface area (Å²) in [6.45, 7) is 8.05. The van der Waals surface area contributed by atoms with Crippen LogP contribution in [0.1, 0.15) is 56.8 Å². The number of hydrogen-bond acceptors (Lipinski definition) is 5. The summed E-state index contributed by atoms with van der Waals surface area (Å²) in [5.41, 5.74) is 2.03. The molecule has 3 aromatic rings. The van der Waals surface area contributed by atoms with Crippen molar-refractivity contribution < 1.29 is 4.52 Å². The second kappa shape index (κ2) is 12.3. The molecule has 3 rings (SSSR count). The Morgan fingerprint density at radius 1 is 1.13 bits per heavy atom. The summed E-state index contributed by atoms with van der Waals surface area (Å²) in [5.74, 6) is 2.70. The van der Waals surface area contributed by atoms with Crippen LogP contribution in [-0.4, -0.2) is 32.4 Å². The van der Waals surface area contributed by atoms with Crippen LogP contribution in [0.15, 0.2) is 52.2 Å². The zero-order chi connectivity index (χ0) is 20.5. The highest BCUT2D eigenvalue weighted by atomic mass is 127. The lowest BCUT2D eigenvalue weighted by Crippen LogP contribution is -2.36. The number of nitrogens with one attached hydrogen (secondary N) is 2. The minimum atomic E-state index is 0. The molecule has 30 heavy (non-hydrogen) atoms. The number of para-hydroxylation sites is 1. The van der Waals surface area contributed by atoms with Gasteiger partial charge in [0.15, 0.2) is 17.5 Å². The third-order valence-electron chi connectivity index (χ3n) is 4.79. The Hall–Kier alpha value is -2.43. The Labute approximate surface area is 194 Å². The van der Waals surface area contributed by atoms with E-state index >= 15 is 0 Å². The molecule has 0 saturated carbocycles. The van der Waals surface area contributed by atoms with Crippen molar-refractivity contribution in [1.82, 2.24) is 30.6 Å². The fraction of sp³-hybridized carbons (Fsp3) is 0.429. The first-order valence-corrected chi connectivity index (χ1v) is 10.2. The molecule has 0 spiro atoms. The number of rotatable bonds is 9. The molecular weight excluding hydrogens is 493 g/mol. The quantitative estimate of drug-likeness (QED) is 0.250. The van der Waals surface area contributed by atoms with E-state index in [0.717, 1.165) is 42.4 Å². The van der Waals surface area contributed by atoms with Gasteiger partial charge in [-0.15, -0.1) is 34.2 Å². The summed E-state index contributed by atoms with van der Waals surface area (Å²) in [6.07, 6.45) is 3.82. The van der Waals surface area contributed by atoms with Crippen LogP contribution in [0.3, 0.4) is 0 Å². The fourth-order valence-electron chi connectivity index (χ4n) is 3.14. The van der Waals surface area contributed by atoms with Crippen molar-refractivity contribution in [2.75, 3.05) is 6.54 Å². The van der Waals surface area contributed by atoms with E-state index in [1.54, 1.807) is 6.33 Å². The van der Waals surface area contributed by atoms with Crippen LogP contribution in [0.25, 0.3) is 5.69 Å². The monoisotopic (exact) mass is 523 g/mol. The highest BCUT2D eigenvalue weighted by Crippen LogP contribution is 2.22. The van der Waals surface area contributed by atoms with Gasteiger partial charge < -0.3 is 15.2 Å². The topological polar surface area (TPSA) is 93.2 Å². The summed E-state index contributed by atoms with van der Waals surface area (Å²) >= 11 is 0. The lowest BCUT2D eigenvalue weighted by atomic mass is 9.99. The lowest BCUT2D eigenvalue weighted by Gasteiger charge is -2.10. The number of halogens is 1. The number of aromatic nitrogens is 4. The minimum Gasteiger partial charge on any atom is -0.359 e. The number of hydrogen-bond donors (Lipinski definition) is 2. The molecule has 0 amide bonds. The Bertz CT molecular complexity index is 903. The summed E-state index contributed by atoms with van der Waals surface area (Å²) in [7, 11) is 0. The second-order valence-electron chi connectivity index (χ2n) is 6.73. The van der Waals surface area contributed by atoms with Gasteiger partial charge in [-0.05, 0) is 31.9 Å². The Balaban J connectivity index is 0.00000320. The lowest BCUT2D eigenvalue weighted by molar-refractivity contribution is 0.368. The van der Waals surface area contributed by atoms with Crippen LogP contribution in [0.2, 0.25) is 0 Å². The summed E-state index contributed by atoms with van der Waals surface area (Å²) in [4.78, 5) is 4.64. The molecule has 0 saturated heterocycles. The number of nitrogens with zero attached hydrogens (tertiary/aromatic N) is 5. The van der Waals surface area contributed by atoms with Gasteiger partial charge in [-0.2, -0.15) is 0 Å². The molecule has 2 heterocycles. The van der Waals surface area contributed by atoms with Gasteiger partial charge in [0.2, 0.25) is 0 Å². The van der Waals surface area contributed by atoms with Gasteiger partial charge in [-0.3, -0.25) is 4.57 Å². The molecular formula is C21H30IN7O. The van der Waals surface area contributed by atoms with Gasteiger partial charge in [0.1, 0.15) is 12.9 Å². The molecule has 0 radical (unpaired) electrons. The highest BCUT2D eigenvalue weighted by Gasteiger charge is 2.13. The maximum absolute atomic E-state index is 5.48. The molecule has 0 unspecified atom stereocenters. The first-order chi connectivity index (χ1) is 14.2. The van der Waals surface area contributed by atoms with E-state index in [2.05, 4.69) is 44.8 Å². The predicted octanol–water partition coefficient (Wildman–Crippen LogP) is 4.03. The van der Waals surface area contributed by atoms with Crippen LogP contribution in [0, 0.1) is 0 Å². The molecule has 0 fully saturated rings. The van der Waals surface area contributed by atoms with Crippen molar-refractivity contribution in [2.24, 2.45) is 4.99 Å². The third kappa shape index (κ3) is 6.28. The van der Waals surface area contributed by atoms with Crippen molar-refractivity contribution in [3.05, 3.63) is 60.0 Å². The molecule has 2 aromatic heterocycles. The van der Waals surface area contributed by atoms with Crippen LogP contribution >= 0.6 is 24.0 Å². The normalized spacial score (nSPS) is 11.4. The van der Waals surface area contributed by atoms with E-state index in [1.165, 1.54) is 0 Å². The van der Waals surface area contributed by atoms with E-state index in [-0.39, 0.29) is 24.0 Å². The van der Waals surface area contributed by atoms with Gasteiger partial charge in [0.25, 0.3) is 0 Å². The van der Waals surface area contributed by atoms with E-state index in [0.29, 0.717) is 25.0 Å². The average Bonchev–Trinajstić information content (AvgIpc) is 3.41. The number of aliphatic imine (C=N–C) groups is 1. The molecule has 0 aliphatic carbocycles. The van der Waals surface area contributed by atoms with Crippen LogP contribution in [0.4, 0.5) is 0 Å². The summed E-state index contributed by atoms with van der Waals surface area (Å²) in [6, 6.07) is 12.0. The van der Waals surface area contributed by atoms with Crippen LogP contribution < -0.4 is 10.6 Å².